The minimum Gasteiger partial charge on any atom is -0.486 e. The van der Waals surface area contributed by atoms with E-state index < -0.39 is 0 Å². The largest absolute Gasteiger partial charge is 0.486 e. The van der Waals surface area contributed by atoms with Gasteiger partial charge >= 0.3 is 0 Å². The first-order valence-electron chi connectivity index (χ1n) is 7.35. The molecule has 1 saturated carbocycles. The van der Waals surface area contributed by atoms with Crippen LogP contribution in [-0.2, 0) is 19.6 Å². The Kier molecular flexibility index (Phi) is 4.07. The Morgan fingerprint density at radius 1 is 1.25 bits per heavy atom. The lowest BCUT2D eigenvalue weighted by Crippen LogP contribution is -2.14. The van der Waals surface area contributed by atoms with E-state index in [1.807, 2.05) is 18.4 Å². The first kappa shape index (κ1) is 13.3. The van der Waals surface area contributed by atoms with Gasteiger partial charge in [0.15, 0.2) is 0 Å². The molecule has 0 spiro atoms. The Morgan fingerprint density at radius 2 is 2.15 bits per heavy atom. The number of ether oxygens (including phenoxy) is 1. The quantitative estimate of drug-likeness (QED) is 0.834. The van der Waals surface area contributed by atoms with Crippen LogP contribution in [0.3, 0.4) is 0 Å². The van der Waals surface area contributed by atoms with Crippen LogP contribution in [0, 0.1) is 0 Å². The maximum Gasteiger partial charge on any atom is 0.146 e. The fraction of sp³-hybridized carbons (Fsp3) is 0.412. The van der Waals surface area contributed by atoms with Crippen LogP contribution in [0.4, 0.5) is 0 Å². The normalized spacial score (nSPS) is 14.4. The molecule has 2 aromatic rings. The zero-order valence-corrected chi connectivity index (χ0v) is 11.9. The van der Waals surface area contributed by atoms with Gasteiger partial charge in [-0.2, -0.15) is 0 Å². The predicted molar refractivity (Wildman–Crippen MR) is 78.7 cm³/mol. The standard InChI is InChI=1S/C17H21NO2/c1-2-13-4-3-5-16(8-13)20-12-17-9-14(11-19-17)10-18-15-6-7-15/h3-5,8-9,11,15,18H,2,6-7,10,12H2,1H3. The summed E-state index contributed by atoms with van der Waals surface area (Å²) in [5.74, 6) is 1.78. The van der Waals surface area contributed by atoms with Crippen LogP contribution in [0.25, 0.3) is 0 Å². The van der Waals surface area contributed by atoms with Gasteiger partial charge in [0.2, 0.25) is 0 Å². The molecule has 1 fully saturated rings. The molecule has 20 heavy (non-hydrogen) atoms. The molecule has 0 unspecified atom stereocenters. The highest BCUT2D eigenvalue weighted by Gasteiger charge is 2.20. The van der Waals surface area contributed by atoms with Crippen molar-refractivity contribution in [3.05, 3.63) is 53.5 Å². The summed E-state index contributed by atoms with van der Waals surface area (Å²) in [6.07, 6.45) is 5.45. The second-order valence-electron chi connectivity index (χ2n) is 5.37. The van der Waals surface area contributed by atoms with Crippen LogP contribution in [0.1, 0.15) is 36.7 Å². The van der Waals surface area contributed by atoms with Crippen molar-refractivity contribution in [3.8, 4) is 5.75 Å². The lowest BCUT2D eigenvalue weighted by Gasteiger charge is -2.05. The summed E-state index contributed by atoms with van der Waals surface area (Å²) in [4.78, 5) is 0. The summed E-state index contributed by atoms with van der Waals surface area (Å²) in [7, 11) is 0. The zero-order valence-electron chi connectivity index (χ0n) is 11.9. The van der Waals surface area contributed by atoms with Gasteiger partial charge in [0, 0.05) is 18.2 Å². The molecule has 0 radical (unpaired) electrons. The molecule has 0 amide bonds. The molecular formula is C17H21NO2. The summed E-state index contributed by atoms with van der Waals surface area (Å²) in [5, 5.41) is 3.47. The van der Waals surface area contributed by atoms with Gasteiger partial charge in [-0.1, -0.05) is 19.1 Å². The topological polar surface area (TPSA) is 34.4 Å². The van der Waals surface area contributed by atoms with E-state index in [1.165, 1.54) is 24.0 Å². The maximum atomic E-state index is 5.77. The molecule has 1 aromatic heterocycles. The molecule has 3 nitrogen and oxygen atoms in total. The van der Waals surface area contributed by atoms with E-state index in [2.05, 4.69) is 30.4 Å². The molecule has 1 heterocycles. The molecule has 3 rings (SSSR count). The van der Waals surface area contributed by atoms with E-state index in [4.69, 9.17) is 9.15 Å². The van der Waals surface area contributed by atoms with Gasteiger partial charge in [0.25, 0.3) is 0 Å². The van der Waals surface area contributed by atoms with Crippen molar-refractivity contribution in [3.63, 3.8) is 0 Å². The van der Waals surface area contributed by atoms with Crippen LogP contribution < -0.4 is 10.1 Å². The Balaban J connectivity index is 1.51. The molecule has 106 valence electrons. The lowest BCUT2D eigenvalue weighted by molar-refractivity contribution is 0.270. The number of hydrogen-bond acceptors (Lipinski definition) is 3. The second-order valence-corrected chi connectivity index (χ2v) is 5.37. The molecule has 0 aliphatic heterocycles. The lowest BCUT2D eigenvalue weighted by atomic mass is 10.2. The number of hydrogen-bond donors (Lipinski definition) is 1. The van der Waals surface area contributed by atoms with Gasteiger partial charge in [-0.15, -0.1) is 0 Å². The average Bonchev–Trinajstić information content (AvgIpc) is 3.21. The van der Waals surface area contributed by atoms with Crippen LogP contribution in [-0.4, -0.2) is 6.04 Å². The summed E-state index contributed by atoms with van der Waals surface area (Å²) < 4.78 is 11.3. The fourth-order valence-corrected chi connectivity index (χ4v) is 2.15. The summed E-state index contributed by atoms with van der Waals surface area (Å²) in [5.41, 5.74) is 2.48. The van der Waals surface area contributed by atoms with Crippen molar-refractivity contribution in [1.82, 2.24) is 5.32 Å². The molecular weight excluding hydrogens is 250 g/mol. The minimum absolute atomic E-state index is 0.483. The number of benzene rings is 1. The van der Waals surface area contributed by atoms with E-state index in [9.17, 15) is 0 Å². The van der Waals surface area contributed by atoms with Crippen molar-refractivity contribution in [1.29, 1.82) is 0 Å². The number of rotatable bonds is 7. The van der Waals surface area contributed by atoms with Crippen molar-refractivity contribution in [2.24, 2.45) is 0 Å². The van der Waals surface area contributed by atoms with Crippen LogP contribution in [0.2, 0.25) is 0 Å². The van der Waals surface area contributed by atoms with Gasteiger partial charge in [-0.05, 0) is 43.0 Å². The maximum absolute atomic E-state index is 5.77. The molecule has 1 N–H and O–H groups in total. The zero-order chi connectivity index (χ0) is 13.8. The van der Waals surface area contributed by atoms with E-state index in [0.717, 1.165) is 30.5 Å². The minimum atomic E-state index is 0.483. The molecule has 1 aliphatic carbocycles. The summed E-state index contributed by atoms with van der Waals surface area (Å²) >= 11 is 0. The molecule has 3 heteroatoms. The van der Waals surface area contributed by atoms with Gasteiger partial charge in [0.05, 0.1) is 6.26 Å². The Hall–Kier alpha value is -1.74. The van der Waals surface area contributed by atoms with E-state index >= 15 is 0 Å². The highest BCUT2D eigenvalue weighted by atomic mass is 16.5. The van der Waals surface area contributed by atoms with Crippen LogP contribution in [0.5, 0.6) is 5.75 Å². The molecule has 0 atom stereocenters. The predicted octanol–water partition coefficient (Wildman–Crippen LogP) is 3.67. The second kappa shape index (κ2) is 6.14. The van der Waals surface area contributed by atoms with E-state index in [-0.39, 0.29) is 0 Å². The van der Waals surface area contributed by atoms with E-state index in [0.29, 0.717) is 6.61 Å². The third-order valence-electron chi connectivity index (χ3n) is 3.57. The SMILES string of the molecule is CCc1cccc(OCc2cc(CNC3CC3)co2)c1. The van der Waals surface area contributed by atoms with Crippen LogP contribution in [0.15, 0.2) is 41.0 Å². The van der Waals surface area contributed by atoms with Gasteiger partial charge in [-0.3, -0.25) is 0 Å². The Bertz CT molecular complexity index is 558. The first-order chi connectivity index (χ1) is 9.83. The monoisotopic (exact) mass is 271 g/mol. The smallest absolute Gasteiger partial charge is 0.146 e. The highest BCUT2D eigenvalue weighted by molar-refractivity contribution is 5.28. The highest BCUT2D eigenvalue weighted by Crippen LogP contribution is 2.20. The third-order valence-corrected chi connectivity index (χ3v) is 3.57. The van der Waals surface area contributed by atoms with Crippen molar-refractivity contribution in [2.45, 2.75) is 45.4 Å². The Morgan fingerprint density at radius 3 is 2.95 bits per heavy atom. The summed E-state index contributed by atoms with van der Waals surface area (Å²) in [6.45, 7) is 3.51. The number of aryl methyl sites for hydroxylation is 1. The molecule has 1 aliphatic rings. The third kappa shape index (κ3) is 3.64. The van der Waals surface area contributed by atoms with Gasteiger partial charge in [0.1, 0.15) is 18.1 Å². The van der Waals surface area contributed by atoms with Crippen molar-refractivity contribution >= 4 is 0 Å². The number of furan rings is 1. The van der Waals surface area contributed by atoms with Crippen LogP contribution >= 0.6 is 0 Å². The van der Waals surface area contributed by atoms with Crippen molar-refractivity contribution in [2.75, 3.05) is 0 Å². The summed E-state index contributed by atoms with van der Waals surface area (Å²) in [6, 6.07) is 11.0. The molecule has 0 bridgehead atoms. The molecule has 0 saturated heterocycles. The number of nitrogens with one attached hydrogen (secondary N) is 1. The first-order valence-corrected chi connectivity index (χ1v) is 7.35. The van der Waals surface area contributed by atoms with Gasteiger partial charge < -0.3 is 14.5 Å². The Labute approximate surface area is 119 Å². The average molecular weight is 271 g/mol. The fourth-order valence-electron chi connectivity index (χ4n) is 2.15. The molecule has 1 aromatic carbocycles. The van der Waals surface area contributed by atoms with Gasteiger partial charge in [-0.25, -0.2) is 0 Å². The van der Waals surface area contributed by atoms with Crippen molar-refractivity contribution < 1.29 is 9.15 Å². The van der Waals surface area contributed by atoms with E-state index in [1.54, 1.807) is 0 Å².